The maximum Gasteiger partial charge on any atom is 0.235 e. The van der Waals surface area contributed by atoms with Gasteiger partial charge in [-0.15, -0.1) is 0 Å². The molecular weight excluding hydrogens is 306 g/mol. The van der Waals surface area contributed by atoms with Crippen molar-refractivity contribution < 1.29 is 9.00 Å². The van der Waals surface area contributed by atoms with Crippen molar-refractivity contribution in [2.45, 2.75) is 56.1 Å². The molecule has 1 N–H and O–H groups in total. The molecule has 0 aliphatic heterocycles. The number of amides is 1. The van der Waals surface area contributed by atoms with Crippen LogP contribution < -0.4 is 5.32 Å². The van der Waals surface area contributed by atoms with Gasteiger partial charge in [0.2, 0.25) is 5.91 Å². The summed E-state index contributed by atoms with van der Waals surface area (Å²) < 4.78 is 12.3. The smallest absolute Gasteiger partial charge is 0.235 e. The highest BCUT2D eigenvalue weighted by Crippen LogP contribution is 2.18. The first-order valence-electron chi connectivity index (χ1n) is 7.48. The standard InChI is InChI=1S/C16H22ClNO2S/c1-12(16(19)18-15-5-3-2-4-6-15)21(20)11-13-7-9-14(17)10-8-13/h7-10,12,15H,2-6,11H2,1H3,(H,18,19)/t12-,21-/m0/s1. The minimum Gasteiger partial charge on any atom is -0.352 e. The van der Waals surface area contributed by atoms with Crippen LogP contribution >= 0.6 is 11.6 Å². The van der Waals surface area contributed by atoms with Gasteiger partial charge in [0.1, 0.15) is 5.25 Å². The van der Waals surface area contributed by atoms with Crippen LogP contribution in [0.25, 0.3) is 0 Å². The highest BCUT2D eigenvalue weighted by atomic mass is 35.5. The van der Waals surface area contributed by atoms with Gasteiger partial charge in [-0.05, 0) is 37.5 Å². The quantitative estimate of drug-likeness (QED) is 0.900. The van der Waals surface area contributed by atoms with E-state index in [0.29, 0.717) is 10.8 Å². The fraction of sp³-hybridized carbons (Fsp3) is 0.562. The van der Waals surface area contributed by atoms with Crippen LogP contribution in [0.15, 0.2) is 24.3 Å². The van der Waals surface area contributed by atoms with Crippen molar-refractivity contribution >= 4 is 28.3 Å². The van der Waals surface area contributed by atoms with Crippen molar-refractivity contribution in [2.24, 2.45) is 0 Å². The molecule has 0 saturated heterocycles. The molecule has 1 aromatic carbocycles. The van der Waals surface area contributed by atoms with Gasteiger partial charge in [-0.1, -0.05) is 43.0 Å². The predicted molar refractivity (Wildman–Crippen MR) is 87.8 cm³/mol. The Morgan fingerprint density at radius 3 is 2.52 bits per heavy atom. The summed E-state index contributed by atoms with van der Waals surface area (Å²) in [4.78, 5) is 12.2. The average molecular weight is 328 g/mol. The number of carbonyl (C=O) groups is 1. The normalized spacial score (nSPS) is 19.0. The second kappa shape index (κ2) is 7.95. The molecule has 1 fully saturated rings. The molecule has 1 aliphatic rings. The minimum atomic E-state index is -1.21. The van der Waals surface area contributed by atoms with Crippen LogP contribution in [-0.4, -0.2) is 21.4 Å². The fourth-order valence-corrected chi connectivity index (χ4v) is 3.76. The first-order chi connectivity index (χ1) is 10.1. The monoisotopic (exact) mass is 327 g/mol. The summed E-state index contributed by atoms with van der Waals surface area (Å²) in [5.74, 6) is 0.297. The van der Waals surface area contributed by atoms with Crippen LogP contribution in [0.3, 0.4) is 0 Å². The van der Waals surface area contributed by atoms with Crippen LogP contribution in [0, 0.1) is 0 Å². The lowest BCUT2D eigenvalue weighted by Crippen LogP contribution is -2.42. The molecule has 21 heavy (non-hydrogen) atoms. The molecule has 2 atom stereocenters. The van der Waals surface area contributed by atoms with E-state index in [4.69, 9.17) is 11.6 Å². The fourth-order valence-electron chi connectivity index (χ4n) is 2.55. The van der Waals surface area contributed by atoms with Crippen molar-refractivity contribution in [3.8, 4) is 0 Å². The van der Waals surface area contributed by atoms with Gasteiger partial charge in [0.15, 0.2) is 0 Å². The van der Waals surface area contributed by atoms with Crippen LogP contribution in [-0.2, 0) is 21.3 Å². The lowest BCUT2D eigenvalue weighted by atomic mass is 9.95. The summed E-state index contributed by atoms with van der Waals surface area (Å²) >= 11 is 5.83. The molecule has 3 nitrogen and oxygen atoms in total. The zero-order valence-corrected chi connectivity index (χ0v) is 13.9. The average Bonchev–Trinajstić information content (AvgIpc) is 2.49. The van der Waals surface area contributed by atoms with Gasteiger partial charge in [-0.3, -0.25) is 9.00 Å². The minimum absolute atomic E-state index is 0.0887. The SMILES string of the molecule is C[C@@H](C(=O)NC1CCCCC1)[S@@](=O)Cc1ccc(Cl)cc1. The molecule has 0 radical (unpaired) electrons. The molecule has 0 aromatic heterocycles. The van der Waals surface area contributed by atoms with Crippen molar-refractivity contribution in [2.75, 3.05) is 0 Å². The van der Waals surface area contributed by atoms with Gasteiger partial charge >= 0.3 is 0 Å². The largest absolute Gasteiger partial charge is 0.352 e. The van der Waals surface area contributed by atoms with E-state index in [2.05, 4.69) is 5.32 Å². The van der Waals surface area contributed by atoms with Gasteiger partial charge in [0.25, 0.3) is 0 Å². The number of rotatable bonds is 5. The first kappa shape index (κ1) is 16.5. The predicted octanol–water partition coefficient (Wildman–Crippen LogP) is 3.43. The summed E-state index contributed by atoms with van der Waals surface area (Å²) in [5, 5.41) is 3.22. The second-order valence-corrected chi connectivity index (χ2v) is 7.83. The third-order valence-corrected chi connectivity index (χ3v) is 5.81. The Kier molecular flexibility index (Phi) is 6.24. The molecule has 1 amide bonds. The van der Waals surface area contributed by atoms with E-state index in [1.807, 2.05) is 12.1 Å². The second-order valence-electron chi connectivity index (χ2n) is 5.64. The van der Waals surface area contributed by atoms with Crippen LogP contribution in [0.4, 0.5) is 0 Å². The molecule has 2 rings (SSSR count). The van der Waals surface area contributed by atoms with Crippen LogP contribution in [0.1, 0.15) is 44.6 Å². The summed E-state index contributed by atoms with van der Waals surface area (Å²) in [6, 6.07) is 7.53. The van der Waals surface area contributed by atoms with E-state index in [1.54, 1.807) is 19.1 Å². The van der Waals surface area contributed by atoms with Crippen molar-refractivity contribution in [3.63, 3.8) is 0 Å². The Hall–Kier alpha value is -0.870. The lowest BCUT2D eigenvalue weighted by molar-refractivity contribution is -0.121. The van der Waals surface area contributed by atoms with E-state index in [0.717, 1.165) is 18.4 Å². The Bertz CT molecular complexity index is 498. The molecule has 5 heteroatoms. The Balaban J connectivity index is 1.85. The van der Waals surface area contributed by atoms with E-state index >= 15 is 0 Å². The van der Waals surface area contributed by atoms with Crippen molar-refractivity contribution in [1.29, 1.82) is 0 Å². The maximum atomic E-state index is 12.3. The molecular formula is C16H22ClNO2S. The number of carbonyl (C=O) groups excluding carboxylic acids is 1. The summed E-state index contributed by atoms with van der Waals surface area (Å²) in [6.07, 6.45) is 5.69. The molecule has 0 bridgehead atoms. The Morgan fingerprint density at radius 1 is 1.29 bits per heavy atom. The van der Waals surface area contributed by atoms with Crippen LogP contribution in [0.2, 0.25) is 5.02 Å². The topological polar surface area (TPSA) is 46.2 Å². The van der Waals surface area contributed by atoms with Crippen LogP contribution in [0.5, 0.6) is 0 Å². The van der Waals surface area contributed by atoms with E-state index in [-0.39, 0.29) is 11.9 Å². The number of nitrogens with one attached hydrogen (secondary N) is 1. The van der Waals surface area contributed by atoms with E-state index < -0.39 is 16.0 Å². The summed E-state index contributed by atoms with van der Waals surface area (Å²) in [7, 11) is -1.21. The Morgan fingerprint density at radius 2 is 1.90 bits per heavy atom. The molecule has 1 saturated carbocycles. The molecule has 1 aliphatic carbocycles. The molecule has 1 aromatic rings. The third-order valence-electron chi connectivity index (χ3n) is 3.94. The van der Waals surface area contributed by atoms with Gasteiger partial charge in [-0.2, -0.15) is 0 Å². The lowest BCUT2D eigenvalue weighted by Gasteiger charge is -2.24. The number of halogens is 1. The number of hydrogen-bond donors (Lipinski definition) is 1. The Labute approximate surface area is 133 Å². The van der Waals surface area contributed by atoms with E-state index in [1.165, 1.54) is 19.3 Å². The highest BCUT2D eigenvalue weighted by Gasteiger charge is 2.23. The maximum absolute atomic E-state index is 12.3. The van der Waals surface area contributed by atoms with Gasteiger partial charge in [-0.25, -0.2) is 0 Å². The zero-order valence-electron chi connectivity index (χ0n) is 12.3. The first-order valence-corrected chi connectivity index (χ1v) is 9.24. The molecule has 116 valence electrons. The van der Waals surface area contributed by atoms with Gasteiger partial charge < -0.3 is 5.32 Å². The highest BCUT2D eigenvalue weighted by molar-refractivity contribution is 7.85. The number of hydrogen-bond acceptors (Lipinski definition) is 2. The van der Waals surface area contributed by atoms with E-state index in [9.17, 15) is 9.00 Å². The summed E-state index contributed by atoms with van der Waals surface area (Å²) in [6.45, 7) is 1.74. The summed E-state index contributed by atoms with van der Waals surface area (Å²) in [5.41, 5.74) is 0.940. The third kappa shape index (κ3) is 5.11. The molecule has 0 heterocycles. The van der Waals surface area contributed by atoms with Crippen molar-refractivity contribution in [1.82, 2.24) is 5.32 Å². The molecule has 0 spiro atoms. The zero-order chi connectivity index (χ0) is 15.2. The number of benzene rings is 1. The van der Waals surface area contributed by atoms with Crippen molar-refractivity contribution in [3.05, 3.63) is 34.9 Å². The van der Waals surface area contributed by atoms with Gasteiger partial charge in [0, 0.05) is 27.6 Å². The molecule has 0 unspecified atom stereocenters. The van der Waals surface area contributed by atoms with Gasteiger partial charge in [0.05, 0.1) is 0 Å².